The normalized spacial score (nSPS) is 24.8. The van der Waals surface area contributed by atoms with E-state index in [9.17, 15) is 0 Å². The highest BCUT2D eigenvalue weighted by Crippen LogP contribution is 2.14. The smallest absolute Gasteiger partial charge is 0.0373 e. The van der Waals surface area contributed by atoms with E-state index < -0.39 is 0 Å². The molecule has 1 saturated heterocycles. The van der Waals surface area contributed by atoms with Gasteiger partial charge in [0.05, 0.1) is 0 Å². The Labute approximate surface area is 107 Å². The minimum Gasteiger partial charge on any atom is -0.313 e. The van der Waals surface area contributed by atoms with Crippen molar-refractivity contribution >= 4 is 0 Å². The summed E-state index contributed by atoms with van der Waals surface area (Å²) in [7, 11) is 4.49. The molecule has 0 amide bonds. The van der Waals surface area contributed by atoms with E-state index in [1.807, 2.05) is 6.08 Å². The predicted octanol–water partition coefficient (Wildman–Crippen LogP) is 1.57. The number of unbranched alkanes of at least 4 members (excludes halogenated alkanes) is 1. The summed E-state index contributed by atoms with van der Waals surface area (Å²) in [4.78, 5) is 4.96. The van der Waals surface area contributed by atoms with E-state index in [2.05, 4.69) is 42.7 Å². The van der Waals surface area contributed by atoms with Gasteiger partial charge in [0.15, 0.2) is 0 Å². The molecule has 0 saturated carbocycles. The molecule has 1 aliphatic heterocycles. The number of rotatable bonds is 7. The summed E-state index contributed by atoms with van der Waals surface area (Å²) in [5, 5.41) is 3.66. The zero-order chi connectivity index (χ0) is 12.7. The van der Waals surface area contributed by atoms with Crippen LogP contribution in [0.4, 0.5) is 0 Å². The van der Waals surface area contributed by atoms with Crippen molar-refractivity contribution in [2.75, 3.05) is 40.3 Å². The Hall–Kier alpha value is -0.380. The third-order valence-electron chi connectivity index (χ3n) is 3.75. The molecule has 2 atom stereocenters. The maximum Gasteiger partial charge on any atom is 0.0373 e. The fraction of sp³-hybridized carbons (Fsp3) is 0.857. The lowest BCUT2D eigenvalue weighted by Gasteiger charge is -2.42. The van der Waals surface area contributed by atoms with E-state index in [-0.39, 0.29) is 0 Å². The van der Waals surface area contributed by atoms with Gasteiger partial charge in [0, 0.05) is 31.7 Å². The largest absolute Gasteiger partial charge is 0.313 e. The standard InChI is InChI=1S/C14H29N3/c1-5-7-8-9-13(15-6-2)14-12-16(3)10-11-17(14)4/h5,13-15H,1,6-12H2,2-4H3. The van der Waals surface area contributed by atoms with Crippen molar-refractivity contribution < 1.29 is 0 Å². The molecule has 100 valence electrons. The number of hydrogen-bond acceptors (Lipinski definition) is 3. The molecule has 2 unspecified atom stereocenters. The lowest BCUT2D eigenvalue weighted by molar-refractivity contribution is 0.0852. The van der Waals surface area contributed by atoms with Crippen LogP contribution in [-0.2, 0) is 0 Å². The fourth-order valence-electron chi connectivity index (χ4n) is 2.65. The molecule has 1 N–H and O–H groups in total. The van der Waals surface area contributed by atoms with Crippen LogP contribution in [0.25, 0.3) is 0 Å². The molecule has 0 aromatic rings. The summed E-state index contributed by atoms with van der Waals surface area (Å²) in [6.45, 7) is 10.6. The highest BCUT2D eigenvalue weighted by Gasteiger charge is 2.28. The Bertz CT molecular complexity index is 218. The zero-order valence-corrected chi connectivity index (χ0v) is 11.8. The lowest BCUT2D eigenvalue weighted by atomic mass is 9.98. The zero-order valence-electron chi connectivity index (χ0n) is 11.8. The topological polar surface area (TPSA) is 18.5 Å². The van der Waals surface area contributed by atoms with Crippen molar-refractivity contribution in [3.63, 3.8) is 0 Å². The number of allylic oxidation sites excluding steroid dienone is 1. The summed E-state index contributed by atoms with van der Waals surface area (Å²) >= 11 is 0. The maximum absolute atomic E-state index is 3.80. The van der Waals surface area contributed by atoms with Crippen LogP contribution in [0, 0.1) is 0 Å². The van der Waals surface area contributed by atoms with Crippen LogP contribution in [0.2, 0.25) is 0 Å². The van der Waals surface area contributed by atoms with Gasteiger partial charge in [0.1, 0.15) is 0 Å². The molecule has 0 radical (unpaired) electrons. The summed E-state index contributed by atoms with van der Waals surface area (Å²) in [5.41, 5.74) is 0. The van der Waals surface area contributed by atoms with Gasteiger partial charge in [0.25, 0.3) is 0 Å². The first kappa shape index (κ1) is 14.7. The minimum atomic E-state index is 0.618. The first-order chi connectivity index (χ1) is 8.19. The van der Waals surface area contributed by atoms with Crippen molar-refractivity contribution in [2.24, 2.45) is 0 Å². The second-order valence-electron chi connectivity index (χ2n) is 5.19. The van der Waals surface area contributed by atoms with E-state index in [0.29, 0.717) is 12.1 Å². The van der Waals surface area contributed by atoms with E-state index in [4.69, 9.17) is 0 Å². The number of hydrogen-bond donors (Lipinski definition) is 1. The molecule has 1 fully saturated rings. The van der Waals surface area contributed by atoms with Crippen molar-refractivity contribution in [1.82, 2.24) is 15.1 Å². The lowest BCUT2D eigenvalue weighted by Crippen LogP contribution is -2.58. The molecule has 17 heavy (non-hydrogen) atoms. The Balaban J connectivity index is 2.50. The molecule has 1 aliphatic rings. The van der Waals surface area contributed by atoms with Crippen LogP contribution in [0.3, 0.4) is 0 Å². The molecular weight excluding hydrogens is 210 g/mol. The van der Waals surface area contributed by atoms with E-state index in [1.54, 1.807) is 0 Å². The first-order valence-corrected chi connectivity index (χ1v) is 6.92. The quantitative estimate of drug-likeness (QED) is 0.537. The van der Waals surface area contributed by atoms with Crippen LogP contribution >= 0.6 is 0 Å². The highest BCUT2D eigenvalue weighted by atomic mass is 15.3. The number of likely N-dealkylation sites (N-methyl/N-ethyl adjacent to an activating group) is 3. The van der Waals surface area contributed by atoms with E-state index in [1.165, 1.54) is 32.5 Å². The van der Waals surface area contributed by atoms with Gasteiger partial charge in [0.2, 0.25) is 0 Å². The molecule has 0 aromatic heterocycles. The van der Waals surface area contributed by atoms with Gasteiger partial charge in [-0.05, 0) is 39.9 Å². The van der Waals surface area contributed by atoms with E-state index in [0.717, 1.165) is 13.0 Å². The first-order valence-electron chi connectivity index (χ1n) is 6.92. The summed E-state index contributed by atoms with van der Waals surface area (Å²) in [6, 6.07) is 1.27. The van der Waals surface area contributed by atoms with Crippen LogP contribution < -0.4 is 5.32 Å². The van der Waals surface area contributed by atoms with Gasteiger partial charge in [-0.2, -0.15) is 0 Å². The average Bonchev–Trinajstić information content (AvgIpc) is 2.32. The molecule has 0 spiro atoms. The molecule has 0 aliphatic carbocycles. The molecule has 1 heterocycles. The Morgan fingerprint density at radius 3 is 2.82 bits per heavy atom. The molecule has 0 bridgehead atoms. The maximum atomic E-state index is 3.80. The number of nitrogens with one attached hydrogen (secondary N) is 1. The van der Waals surface area contributed by atoms with Crippen LogP contribution in [0.5, 0.6) is 0 Å². The highest BCUT2D eigenvalue weighted by molar-refractivity contribution is 4.89. The number of nitrogens with zero attached hydrogens (tertiary/aromatic N) is 2. The molecule has 3 nitrogen and oxygen atoms in total. The van der Waals surface area contributed by atoms with E-state index >= 15 is 0 Å². The predicted molar refractivity (Wildman–Crippen MR) is 75.4 cm³/mol. The third kappa shape index (κ3) is 4.78. The summed E-state index contributed by atoms with van der Waals surface area (Å²) < 4.78 is 0. The Morgan fingerprint density at radius 2 is 2.18 bits per heavy atom. The SMILES string of the molecule is C=CCCCC(NCC)C1CN(C)CCN1C. The van der Waals surface area contributed by atoms with Gasteiger partial charge in [-0.25, -0.2) is 0 Å². The minimum absolute atomic E-state index is 0.618. The van der Waals surface area contributed by atoms with Gasteiger partial charge < -0.3 is 10.2 Å². The van der Waals surface area contributed by atoms with Crippen LogP contribution in [0.15, 0.2) is 12.7 Å². The van der Waals surface area contributed by atoms with Crippen molar-refractivity contribution in [1.29, 1.82) is 0 Å². The molecule has 1 rings (SSSR count). The van der Waals surface area contributed by atoms with Gasteiger partial charge in [-0.3, -0.25) is 4.90 Å². The molecule has 3 heteroatoms. The van der Waals surface area contributed by atoms with Crippen LogP contribution in [-0.4, -0.2) is 62.2 Å². The van der Waals surface area contributed by atoms with Gasteiger partial charge in [-0.15, -0.1) is 6.58 Å². The molecular formula is C14H29N3. The second kappa shape index (κ2) is 7.85. The van der Waals surface area contributed by atoms with Crippen molar-refractivity contribution in [2.45, 2.75) is 38.3 Å². The summed E-state index contributed by atoms with van der Waals surface area (Å²) in [5.74, 6) is 0. The average molecular weight is 239 g/mol. The van der Waals surface area contributed by atoms with Gasteiger partial charge in [-0.1, -0.05) is 13.0 Å². The summed E-state index contributed by atoms with van der Waals surface area (Å²) in [6.07, 6.45) is 5.66. The Morgan fingerprint density at radius 1 is 1.41 bits per heavy atom. The Kier molecular flexibility index (Phi) is 6.78. The monoisotopic (exact) mass is 239 g/mol. The van der Waals surface area contributed by atoms with Crippen molar-refractivity contribution in [3.05, 3.63) is 12.7 Å². The third-order valence-corrected chi connectivity index (χ3v) is 3.75. The fourth-order valence-corrected chi connectivity index (χ4v) is 2.65. The van der Waals surface area contributed by atoms with Gasteiger partial charge >= 0.3 is 0 Å². The number of piperazine rings is 1. The molecule has 0 aromatic carbocycles. The van der Waals surface area contributed by atoms with Crippen LogP contribution in [0.1, 0.15) is 26.2 Å². The van der Waals surface area contributed by atoms with Crippen molar-refractivity contribution in [3.8, 4) is 0 Å². The second-order valence-corrected chi connectivity index (χ2v) is 5.19.